The number of rotatable bonds is 7. The lowest BCUT2D eigenvalue weighted by atomic mass is 10.1. The van der Waals surface area contributed by atoms with Gasteiger partial charge in [0.1, 0.15) is 5.69 Å². The quantitative estimate of drug-likeness (QED) is 0.503. The van der Waals surface area contributed by atoms with Gasteiger partial charge in [0.05, 0.1) is 6.26 Å². The highest BCUT2D eigenvalue weighted by atomic mass is 32.2. The molecular weight excluding hydrogens is 294 g/mol. The number of carbonyl (C=O) groups is 2. The lowest BCUT2D eigenvalue weighted by Gasteiger charge is -2.05. The normalized spacial score (nSPS) is 11.4. The summed E-state index contributed by atoms with van der Waals surface area (Å²) in [5.74, 6) is -0.389. The molecule has 1 aromatic rings. The van der Waals surface area contributed by atoms with Crippen LogP contribution in [-0.2, 0) is 10.0 Å². The number of hydrogen-bond acceptors (Lipinski definition) is 4. The predicted molar refractivity (Wildman–Crippen MR) is 80.1 cm³/mol. The number of Topliss-reactive ketones (excluding diaryl/α,β-unsaturated/α-hetero) is 1. The monoisotopic (exact) mass is 315 g/mol. The van der Waals surface area contributed by atoms with Gasteiger partial charge in [-0.3, -0.25) is 9.59 Å². The van der Waals surface area contributed by atoms with Crippen molar-refractivity contribution in [2.75, 3.05) is 19.3 Å². The number of aromatic amines is 1. The highest BCUT2D eigenvalue weighted by Crippen LogP contribution is 2.18. The number of amides is 1. The fourth-order valence-electron chi connectivity index (χ4n) is 2.14. The first-order chi connectivity index (χ1) is 9.63. The van der Waals surface area contributed by atoms with Gasteiger partial charge in [0, 0.05) is 24.3 Å². The van der Waals surface area contributed by atoms with Crippen LogP contribution in [0.15, 0.2) is 0 Å². The maximum Gasteiger partial charge on any atom is 0.268 e. The standard InChI is InChI=1S/C13H21N3O4S/c1-8-11(10(3)17)9(2)16-12(8)13(18)14-6-5-7-15-21(4,19)20/h15-16H,5-7H2,1-4H3,(H,14,18). The molecule has 1 heterocycles. The third-order valence-corrected chi connectivity index (χ3v) is 3.75. The third-order valence-electron chi connectivity index (χ3n) is 3.02. The summed E-state index contributed by atoms with van der Waals surface area (Å²) < 4.78 is 24.1. The lowest BCUT2D eigenvalue weighted by molar-refractivity contribution is 0.0948. The Morgan fingerprint density at radius 3 is 2.29 bits per heavy atom. The van der Waals surface area contributed by atoms with Crippen LogP contribution in [0, 0.1) is 13.8 Å². The van der Waals surface area contributed by atoms with E-state index in [2.05, 4.69) is 15.0 Å². The molecular formula is C13H21N3O4S. The SMILES string of the molecule is CC(=O)c1c(C)[nH]c(C(=O)NCCCNS(C)(=O)=O)c1C. The van der Waals surface area contributed by atoms with E-state index in [1.54, 1.807) is 13.8 Å². The second-order valence-corrected chi connectivity index (χ2v) is 6.79. The van der Waals surface area contributed by atoms with Crippen molar-refractivity contribution >= 4 is 21.7 Å². The molecule has 0 aliphatic heterocycles. The average Bonchev–Trinajstić information content (AvgIpc) is 2.62. The smallest absolute Gasteiger partial charge is 0.268 e. The van der Waals surface area contributed by atoms with E-state index in [0.717, 1.165) is 6.26 Å². The summed E-state index contributed by atoms with van der Waals surface area (Å²) in [6.45, 7) is 5.54. The van der Waals surface area contributed by atoms with E-state index < -0.39 is 10.0 Å². The highest BCUT2D eigenvalue weighted by molar-refractivity contribution is 7.88. The summed E-state index contributed by atoms with van der Waals surface area (Å²) >= 11 is 0. The van der Waals surface area contributed by atoms with Crippen molar-refractivity contribution in [1.82, 2.24) is 15.0 Å². The molecule has 7 nitrogen and oxygen atoms in total. The first-order valence-corrected chi connectivity index (χ1v) is 8.45. The van der Waals surface area contributed by atoms with E-state index in [1.165, 1.54) is 6.92 Å². The van der Waals surface area contributed by atoms with Crippen LogP contribution in [-0.4, -0.2) is 44.4 Å². The van der Waals surface area contributed by atoms with E-state index in [-0.39, 0.29) is 18.2 Å². The molecule has 0 saturated carbocycles. The van der Waals surface area contributed by atoms with Crippen molar-refractivity contribution in [3.05, 3.63) is 22.5 Å². The Balaban J connectivity index is 2.57. The maximum absolute atomic E-state index is 12.0. The average molecular weight is 315 g/mol. The van der Waals surface area contributed by atoms with Crippen LogP contribution < -0.4 is 10.0 Å². The number of H-pyrrole nitrogens is 1. The van der Waals surface area contributed by atoms with Gasteiger partial charge in [-0.2, -0.15) is 0 Å². The van der Waals surface area contributed by atoms with Crippen LogP contribution in [0.3, 0.4) is 0 Å². The molecule has 1 amide bonds. The highest BCUT2D eigenvalue weighted by Gasteiger charge is 2.19. The molecule has 21 heavy (non-hydrogen) atoms. The van der Waals surface area contributed by atoms with Crippen LogP contribution >= 0.6 is 0 Å². The third kappa shape index (κ3) is 4.98. The first kappa shape index (κ1) is 17.4. The Hall–Kier alpha value is -1.67. The molecule has 0 atom stereocenters. The van der Waals surface area contributed by atoms with E-state index in [4.69, 9.17) is 0 Å². The second kappa shape index (κ2) is 6.86. The van der Waals surface area contributed by atoms with Gasteiger partial charge in [0.2, 0.25) is 10.0 Å². The minimum atomic E-state index is -3.20. The topological polar surface area (TPSA) is 108 Å². The van der Waals surface area contributed by atoms with Gasteiger partial charge >= 0.3 is 0 Å². The minimum Gasteiger partial charge on any atom is -0.354 e. The van der Waals surface area contributed by atoms with E-state index in [1.807, 2.05) is 0 Å². The lowest BCUT2D eigenvalue weighted by Crippen LogP contribution is -2.29. The van der Waals surface area contributed by atoms with Crippen molar-refractivity contribution in [2.24, 2.45) is 0 Å². The predicted octanol–water partition coefficient (Wildman–Crippen LogP) is 0.503. The molecule has 3 N–H and O–H groups in total. The minimum absolute atomic E-state index is 0.0855. The molecule has 1 aromatic heterocycles. The molecule has 0 aliphatic rings. The maximum atomic E-state index is 12.0. The van der Waals surface area contributed by atoms with Crippen molar-refractivity contribution in [1.29, 1.82) is 0 Å². The number of sulfonamides is 1. The summed E-state index contributed by atoms with van der Waals surface area (Å²) in [6.07, 6.45) is 1.57. The van der Waals surface area contributed by atoms with E-state index in [9.17, 15) is 18.0 Å². The number of nitrogens with one attached hydrogen (secondary N) is 3. The molecule has 0 bridgehead atoms. The van der Waals surface area contributed by atoms with Gasteiger partial charge in [-0.25, -0.2) is 13.1 Å². The van der Waals surface area contributed by atoms with Gasteiger partial charge in [0.25, 0.3) is 5.91 Å². The Labute approximate surface area is 124 Å². The molecule has 0 unspecified atom stereocenters. The number of hydrogen-bond donors (Lipinski definition) is 3. The summed E-state index contributed by atoms with van der Waals surface area (Å²) in [7, 11) is -3.20. The van der Waals surface area contributed by atoms with Crippen molar-refractivity contribution in [3.8, 4) is 0 Å². The Kier molecular flexibility index (Phi) is 5.68. The number of carbonyl (C=O) groups excluding carboxylic acids is 2. The molecule has 8 heteroatoms. The van der Waals surface area contributed by atoms with Gasteiger partial charge in [0.15, 0.2) is 5.78 Å². The molecule has 0 radical (unpaired) electrons. The Morgan fingerprint density at radius 1 is 1.19 bits per heavy atom. The molecule has 118 valence electrons. The number of ketones is 1. The molecule has 0 aliphatic carbocycles. The van der Waals surface area contributed by atoms with Crippen LogP contribution in [0.25, 0.3) is 0 Å². The van der Waals surface area contributed by atoms with E-state index in [0.29, 0.717) is 35.5 Å². The largest absolute Gasteiger partial charge is 0.354 e. The summed E-state index contributed by atoms with van der Waals surface area (Å²) in [5, 5.41) is 2.69. The first-order valence-electron chi connectivity index (χ1n) is 6.56. The van der Waals surface area contributed by atoms with Crippen molar-refractivity contribution in [2.45, 2.75) is 27.2 Å². The summed E-state index contributed by atoms with van der Waals surface area (Å²) in [5.41, 5.74) is 2.21. The fraction of sp³-hybridized carbons (Fsp3) is 0.538. The zero-order chi connectivity index (χ0) is 16.2. The van der Waals surface area contributed by atoms with Gasteiger partial charge in [-0.05, 0) is 32.8 Å². The van der Waals surface area contributed by atoms with Crippen molar-refractivity contribution in [3.63, 3.8) is 0 Å². The van der Waals surface area contributed by atoms with Crippen LogP contribution in [0.4, 0.5) is 0 Å². The van der Waals surface area contributed by atoms with Crippen LogP contribution in [0.5, 0.6) is 0 Å². The van der Waals surface area contributed by atoms with E-state index >= 15 is 0 Å². The molecule has 1 rings (SSSR count). The number of aromatic nitrogens is 1. The molecule has 0 fully saturated rings. The molecule has 0 aromatic carbocycles. The second-order valence-electron chi connectivity index (χ2n) is 4.96. The van der Waals surface area contributed by atoms with Crippen molar-refractivity contribution < 1.29 is 18.0 Å². The van der Waals surface area contributed by atoms with Crippen LogP contribution in [0.1, 0.15) is 45.4 Å². The van der Waals surface area contributed by atoms with Crippen LogP contribution in [0.2, 0.25) is 0 Å². The summed E-state index contributed by atoms with van der Waals surface area (Å²) in [6, 6.07) is 0. The van der Waals surface area contributed by atoms with Gasteiger partial charge in [-0.1, -0.05) is 0 Å². The Morgan fingerprint density at radius 2 is 1.81 bits per heavy atom. The number of aryl methyl sites for hydroxylation is 1. The Bertz CT molecular complexity index is 647. The zero-order valence-electron chi connectivity index (χ0n) is 12.7. The summed E-state index contributed by atoms with van der Waals surface area (Å²) in [4.78, 5) is 26.4. The molecule has 0 saturated heterocycles. The zero-order valence-corrected chi connectivity index (χ0v) is 13.5. The molecule has 0 spiro atoms. The van der Waals surface area contributed by atoms with Gasteiger partial charge in [-0.15, -0.1) is 0 Å². The fourth-order valence-corrected chi connectivity index (χ4v) is 2.66. The van der Waals surface area contributed by atoms with Gasteiger partial charge < -0.3 is 10.3 Å².